The summed E-state index contributed by atoms with van der Waals surface area (Å²) in [6.07, 6.45) is 4.23. The van der Waals surface area contributed by atoms with Crippen LogP contribution in [0.4, 0.5) is 0 Å². The molecule has 1 N–H and O–H groups in total. The summed E-state index contributed by atoms with van der Waals surface area (Å²) in [7, 11) is 1.90. The molecular formula is C22H29N5O. The van der Waals surface area contributed by atoms with Gasteiger partial charge in [-0.2, -0.15) is 0 Å². The quantitative estimate of drug-likeness (QED) is 0.653. The van der Waals surface area contributed by atoms with Crippen molar-refractivity contribution < 1.29 is 4.52 Å². The Morgan fingerprint density at radius 1 is 1.21 bits per heavy atom. The lowest BCUT2D eigenvalue weighted by Crippen LogP contribution is -2.52. The standard InChI is InChI=1S/C22H29N5O/c1-23-22(27-11-9-26(10-12-27)15-17-8-13-28-25-17)24-14-20-19-7-6-16-4-2-3-5-18(16)21(19)20/h2-5,8,13,19-21H,6-7,9-12,14-15H2,1H3,(H,23,24). The van der Waals surface area contributed by atoms with Crippen molar-refractivity contribution in [3.63, 3.8) is 0 Å². The maximum Gasteiger partial charge on any atom is 0.193 e. The molecule has 3 aliphatic rings. The third-order valence-electron chi connectivity index (χ3n) is 6.75. The number of fused-ring (bicyclic) bond motifs is 3. The predicted octanol–water partition coefficient (Wildman–Crippen LogP) is 2.34. The van der Waals surface area contributed by atoms with Gasteiger partial charge in [-0.05, 0) is 41.7 Å². The molecule has 1 saturated heterocycles. The zero-order chi connectivity index (χ0) is 18.9. The number of hydrogen-bond donors (Lipinski definition) is 1. The van der Waals surface area contributed by atoms with Crippen molar-refractivity contribution in [3.8, 4) is 0 Å². The van der Waals surface area contributed by atoms with Gasteiger partial charge in [-0.15, -0.1) is 0 Å². The van der Waals surface area contributed by atoms with Gasteiger partial charge in [0.05, 0.1) is 5.69 Å². The van der Waals surface area contributed by atoms with Gasteiger partial charge in [0.2, 0.25) is 0 Å². The van der Waals surface area contributed by atoms with Crippen LogP contribution in [0, 0.1) is 11.8 Å². The number of nitrogens with zero attached hydrogens (tertiary/aromatic N) is 4. The monoisotopic (exact) mass is 379 g/mol. The predicted molar refractivity (Wildman–Crippen MR) is 109 cm³/mol. The molecule has 3 unspecified atom stereocenters. The summed E-state index contributed by atoms with van der Waals surface area (Å²) in [5.41, 5.74) is 4.17. The van der Waals surface area contributed by atoms with Gasteiger partial charge in [-0.3, -0.25) is 9.89 Å². The van der Waals surface area contributed by atoms with Crippen LogP contribution in [0.3, 0.4) is 0 Å². The van der Waals surface area contributed by atoms with E-state index < -0.39 is 0 Å². The maximum absolute atomic E-state index is 4.94. The molecule has 1 aromatic heterocycles. The van der Waals surface area contributed by atoms with Crippen LogP contribution in [0.5, 0.6) is 0 Å². The lowest BCUT2D eigenvalue weighted by molar-refractivity contribution is 0.169. The number of rotatable bonds is 4. The minimum Gasteiger partial charge on any atom is -0.364 e. The summed E-state index contributed by atoms with van der Waals surface area (Å²) in [5.74, 6) is 3.43. The summed E-state index contributed by atoms with van der Waals surface area (Å²) in [6.45, 7) is 5.94. The minimum absolute atomic E-state index is 0.758. The SMILES string of the molecule is CN=C(NCC1C2CCc3ccccc3C21)N1CCN(Cc2ccon2)CC1. The Hall–Kier alpha value is -2.34. The molecule has 0 spiro atoms. The molecule has 6 nitrogen and oxygen atoms in total. The third kappa shape index (κ3) is 3.41. The smallest absolute Gasteiger partial charge is 0.193 e. The molecular weight excluding hydrogens is 350 g/mol. The second-order valence-electron chi connectivity index (χ2n) is 8.27. The average molecular weight is 380 g/mol. The number of aromatic nitrogens is 1. The van der Waals surface area contributed by atoms with Gasteiger partial charge >= 0.3 is 0 Å². The van der Waals surface area contributed by atoms with Crippen molar-refractivity contribution in [1.29, 1.82) is 0 Å². The number of piperazine rings is 1. The molecule has 3 atom stereocenters. The van der Waals surface area contributed by atoms with Crippen LogP contribution >= 0.6 is 0 Å². The molecule has 2 aromatic rings. The summed E-state index contributed by atoms with van der Waals surface area (Å²) in [4.78, 5) is 9.37. The van der Waals surface area contributed by atoms with Gasteiger partial charge in [0.15, 0.2) is 5.96 Å². The number of guanidine groups is 1. The highest BCUT2D eigenvalue weighted by Crippen LogP contribution is 2.59. The molecule has 148 valence electrons. The Labute approximate surface area is 166 Å². The van der Waals surface area contributed by atoms with Crippen molar-refractivity contribution in [2.45, 2.75) is 25.3 Å². The van der Waals surface area contributed by atoms with E-state index in [0.29, 0.717) is 0 Å². The highest BCUT2D eigenvalue weighted by molar-refractivity contribution is 5.80. The lowest BCUT2D eigenvalue weighted by atomic mass is 9.92. The summed E-state index contributed by atoms with van der Waals surface area (Å²) in [6, 6.07) is 11.0. The Morgan fingerprint density at radius 2 is 2.07 bits per heavy atom. The van der Waals surface area contributed by atoms with E-state index in [1.807, 2.05) is 13.1 Å². The van der Waals surface area contributed by atoms with Crippen LogP contribution in [0.15, 0.2) is 46.1 Å². The van der Waals surface area contributed by atoms with Crippen LogP contribution in [0.2, 0.25) is 0 Å². The van der Waals surface area contributed by atoms with Crippen molar-refractivity contribution in [2.75, 3.05) is 39.8 Å². The largest absolute Gasteiger partial charge is 0.364 e. The highest BCUT2D eigenvalue weighted by atomic mass is 16.5. The Balaban J connectivity index is 1.12. The minimum atomic E-state index is 0.758. The third-order valence-corrected chi connectivity index (χ3v) is 6.75. The molecule has 0 amide bonds. The van der Waals surface area contributed by atoms with E-state index in [0.717, 1.165) is 68.7 Å². The Bertz CT molecular complexity index is 825. The first-order valence-electron chi connectivity index (χ1n) is 10.5. The number of hydrogen-bond acceptors (Lipinski definition) is 4. The lowest BCUT2D eigenvalue weighted by Gasteiger charge is -2.36. The molecule has 0 radical (unpaired) electrons. The van der Waals surface area contributed by atoms with Crippen LogP contribution < -0.4 is 5.32 Å². The van der Waals surface area contributed by atoms with Gasteiger partial charge in [0.25, 0.3) is 0 Å². The molecule has 6 heteroatoms. The number of benzene rings is 1. The van der Waals surface area contributed by atoms with Crippen molar-refractivity contribution in [3.05, 3.63) is 53.4 Å². The normalized spacial score (nSPS) is 27.2. The molecule has 2 heterocycles. The first-order chi connectivity index (χ1) is 13.8. The van der Waals surface area contributed by atoms with Crippen molar-refractivity contribution in [2.24, 2.45) is 16.8 Å². The first-order valence-corrected chi connectivity index (χ1v) is 10.5. The van der Waals surface area contributed by atoms with E-state index in [1.165, 1.54) is 12.8 Å². The highest BCUT2D eigenvalue weighted by Gasteiger charge is 2.52. The van der Waals surface area contributed by atoms with Crippen LogP contribution in [0.25, 0.3) is 0 Å². The fourth-order valence-electron chi connectivity index (χ4n) is 5.19. The van der Waals surface area contributed by atoms with E-state index in [9.17, 15) is 0 Å². The molecule has 28 heavy (non-hydrogen) atoms. The fraction of sp³-hybridized carbons (Fsp3) is 0.545. The average Bonchev–Trinajstić information content (AvgIpc) is 3.21. The van der Waals surface area contributed by atoms with Crippen molar-refractivity contribution >= 4 is 5.96 Å². The molecule has 0 bridgehead atoms. The van der Waals surface area contributed by atoms with Crippen LogP contribution in [0.1, 0.15) is 29.2 Å². The van der Waals surface area contributed by atoms with E-state index in [4.69, 9.17) is 4.52 Å². The van der Waals surface area contributed by atoms with E-state index in [1.54, 1.807) is 17.4 Å². The van der Waals surface area contributed by atoms with Gasteiger partial charge in [-0.25, -0.2) is 0 Å². The zero-order valence-corrected chi connectivity index (χ0v) is 16.6. The number of aliphatic imine (C=N–C) groups is 1. The molecule has 1 aromatic carbocycles. The summed E-state index contributed by atoms with van der Waals surface area (Å²) in [5, 5.41) is 7.70. The number of nitrogens with one attached hydrogen (secondary N) is 1. The maximum atomic E-state index is 4.94. The molecule has 5 rings (SSSR count). The van der Waals surface area contributed by atoms with Gasteiger partial charge in [0.1, 0.15) is 6.26 Å². The summed E-state index contributed by atoms with van der Waals surface area (Å²) < 4.78 is 4.94. The fourth-order valence-corrected chi connectivity index (χ4v) is 5.19. The zero-order valence-electron chi connectivity index (χ0n) is 16.6. The number of aryl methyl sites for hydroxylation is 1. The second-order valence-corrected chi connectivity index (χ2v) is 8.27. The first kappa shape index (κ1) is 17.7. The van der Waals surface area contributed by atoms with Crippen molar-refractivity contribution in [1.82, 2.24) is 20.3 Å². The second kappa shape index (κ2) is 7.59. The molecule has 1 saturated carbocycles. The van der Waals surface area contributed by atoms with Crippen LogP contribution in [-0.4, -0.2) is 60.7 Å². The van der Waals surface area contributed by atoms with E-state index in [2.05, 4.69) is 49.5 Å². The van der Waals surface area contributed by atoms with E-state index >= 15 is 0 Å². The van der Waals surface area contributed by atoms with E-state index in [-0.39, 0.29) is 0 Å². The Kier molecular flexibility index (Phi) is 4.81. The Morgan fingerprint density at radius 3 is 2.86 bits per heavy atom. The van der Waals surface area contributed by atoms with Gasteiger partial charge < -0.3 is 14.7 Å². The van der Waals surface area contributed by atoms with Gasteiger partial charge in [-0.1, -0.05) is 29.4 Å². The molecule has 2 fully saturated rings. The molecule has 2 aliphatic carbocycles. The summed E-state index contributed by atoms with van der Waals surface area (Å²) >= 11 is 0. The molecule has 1 aliphatic heterocycles. The van der Waals surface area contributed by atoms with Crippen LogP contribution in [-0.2, 0) is 13.0 Å². The topological polar surface area (TPSA) is 56.9 Å². The van der Waals surface area contributed by atoms with Gasteiger partial charge in [0, 0.05) is 52.4 Å².